The SMILES string of the molecule is C=CC1(C)OC2(C)C(OC(C)=O)CC3C(C)(C)CCCC3(C)C2C(=O)C1(O)O. The number of ketones is 1. The van der Waals surface area contributed by atoms with Gasteiger partial charge in [0.05, 0.1) is 5.92 Å². The third-order valence-electron chi connectivity index (χ3n) is 8.03. The van der Waals surface area contributed by atoms with E-state index in [0.29, 0.717) is 6.42 Å². The number of rotatable bonds is 2. The van der Waals surface area contributed by atoms with Gasteiger partial charge in [-0.3, -0.25) is 9.59 Å². The number of esters is 1. The number of Topliss-reactive ketones (excluding diaryl/α,β-unsaturated/α-hetero) is 1. The molecule has 2 saturated carbocycles. The van der Waals surface area contributed by atoms with Crippen molar-refractivity contribution in [1.29, 1.82) is 0 Å². The Balaban J connectivity index is 2.22. The topological polar surface area (TPSA) is 93.1 Å². The quantitative estimate of drug-likeness (QED) is 0.425. The average Bonchev–Trinajstić information content (AvgIpc) is 2.54. The molecule has 3 aliphatic rings. The summed E-state index contributed by atoms with van der Waals surface area (Å²) in [6, 6.07) is 0. The molecule has 0 aromatic carbocycles. The third kappa shape index (κ3) is 2.64. The minimum Gasteiger partial charge on any atom is -0.459 e. The maximum atomic E-state index is 13.6. The molecule has 0 bridgehead atoms. The fourth-order valence-electron chi connectivity index (χ4n) is 6.60. The number of hydrogen-bond donors (Lipinski definition) is 2. The van der Waals surface area contributed by atoms with Crippen LogP contribution in [0.2, 0.25) is 0 Å². The summed E-state index contributed by atoms with van der Waals surface area (Å²) in [7, 11) is 0. The van der Waals surface area contributed by atoms with Crippen molar-refractivity contribution in [2.45, 2.75) is 90.3 Å². The predicted octanol–water partition coefficient (Wildman–Crippen LogP) is 2.75. The van der Waals surface area contributed by atoms with E-state index < -0.39 is 46.2 Å². The van der Waals surface area contributed by atoms with E-state index in [9.17, 15) is 19.8 Å². The molecule has 28 heavy (non-hydrogen) atoms. The van der Waals surface area contributed by atoms with Crippen LogP contribution in [0.25, 0.3) is 0 Å². The zero-order chi connectivity index (χ0) is 21.3. The maximum Gasteiger partial charge on any atom is 0.303 e. The fraction of sp³-hybridized carbons (Fsp3) is 0.818. The summed E-state index contributed by atoms with van der Waals surface area (Å²) in [6.45, 7) is 14.6. The van der Waals surface area contributed by atoms with Crippen LogP contribution in [0, 0.1) is 22.7 Å². The highest BCUT2D eigenvalue weighted by Gasteiger charge is 2.74. The summed E-state index contributed by atoms with van der Waals surface area (Å²) in [6.07, 6.45) is 3.89. The molecule has 2 aliphatic carbocycles. The van der Waals surface area contributed by atoms with Gasteiger partial charge in [-0.05, 0) is 49.9 Å². The zero-order valence-corrected chi connectivity index (χ0v) is 17.9. The Labute approximate surface area is 167 Å². The number of aliphatic hydroxyl groups is 2. The van der Waals surface area contributed by atoms with Crippen LogP contribution in [0.1, 0.15) is 67.2 Å². The molecule has 6 heteroatoms. The first-order valence-corrected chi connectivity index (χ1v) is 10.2. The van der Waals surface area contributed by atoms with Crippen LogP contribution < -0.4 is 0 Å². The number of hydrogen-bond acceptors (Lipinski definition) is 6. The lowest BCUT2D eigenvalue weighted by atomic mass is 9.43. The van der Waals surface area contributed by atoms with Gasteiger partial charge in [-0.2, -0.15) is 0 Å². The van der Waals surface area contributed by atoms with E-state index in [-0.39, 0.29) is 11.3 Å². The highest BCUT2D eigenvalue weighted by atomic mass is 16.6. The van der Waals surface area contributed by atoms with Crippen LogP contribution in [0.15, 0.2) is 12.7 Å². The van der Waals surface area contributed by atoms with Gasteiger partial charge in [-0.15, -0.1) is 6.58 Å². The van der Waals surface area contributed by atoms with E-state index in [2.05, 4.69) is 27.4 Å². The second kappa shape index (κ2) is 6.13. The molecule has 6 atom stereocenters. The van der Waals surface area contributed by atoms with Gasteiger partial charge in [0.2, 0.25) is 5.78 Å². The van der Waals surface area contributed by atoms with Gasteiger partial charge >= 0.3 is 5.97 Å². The zero-order valence-electron chi connectivity index (χ0n) is 17.9. The van der Waals surface area contributed by atoms with Gasteiger partial charge in [0.1, 0.15) is 17.3 Å². The van der Waals surface area contributed by atoms with Crippen LogP contribution in [0.3, 0.4) is 0 Å². The molecule has 1 aliphatic heterocycles. The Bertz CT molecular complexity index is 712. The van der Waals surface area contributed by atoms with E-state index in [1.807, 2.05) is 0 Å². The monoisotopic (exact) mass is 394 g/mol. The Hall–Kier alpha value is -1.24. The third-order valence-corrected chi connectivity index (χ3v) is 8.03. The first-order chi connectivity index (χ1) is 12.7. The molecule has 2 N–H and O–H groups in total. The second-order valence-electron chi connectivity index (χ2n) is 10.3. The summed E-state index contributed by atoms with van der Waals surface area (Å²) in [5, 5.41) is 21.6. The molecule has 6 unspecified atom stereocenters. The van der Waals surface area contributed by atoms with Crippen LogP contribution in [-0.4, -0.2) is 45.1 Å². The van der Waals surface area contributed by atoms with Crippen LogP contribution in [0.5, 0.6) is 0 Å². The predicted molar refractivity (Wildman–Crippen MR) is 103 cm³/mol. The van der Waals surface area contributed by atoms with Gasteiger partial charge in [0, 0.05) is 6.92 Å². The molecular formula is C22H34O6. The van der Waals surface area contributed by atoms with E-state index in [1.54, 1.807) is 6.92 Å². The summed E-state index contributed by atoms with van der Waals surface area (Å²) >= 11 is 0. The lowest BCUT2D eigenvalue weighted by molar-refractivity contribution is -0.350. The summed E-state index contributed by atoms with van der Waals surface area (Å²) in [5.41, 5.74) is -3.45. The van der Waals surface area contributed by atoms with Crippen LogP contribution in [-0.2, 0) is 19.1 Å². The Kier molecular flexibility index (Phi) is 4.70. The Morgan fingerprint density at radius 3 is 2.36 bits per heavy atom. The van der Waals surface area contributed by atoms with Gasteiger partial charge < -0.3 is 19.7 Å². The number of carbonyl (C=O) groups excluding carboxylic acids is 2. The number of carbonyl (C=O) groups is 2. The standard InChI is InChI=1S/C22H34O6/c1-8-20(6)22(25,26)17(24)16-19(5)11-9-10-18(3,4)14(19)12-15(27-13(2)23)21(16,7)28-20/h8,14-16,25-26H,1,9-12H2,2-7H3. The van der Waals surface area contributed by atoms with Crippen molar-refractivity contribution in [3.05, 3.63) is 12.7 Å². The van der Waals surface area contributed by atoms with E-state index in [1.165, 1.54) is 19.9 Å². The molecule has 1 saturated heterocycles. The number of ether oxygens (including phenoxy) is 2. The molecule has 0 aromatic heterocycles. The molecule has 3 rings (SSSR count). The van der Waals surface area contributed by atoms with Crippen molar-refractivity contribution in [1.82, 2.24) is 0 Å². The Morgan fingerprint density at radius 1 is 1.21 bits per heavy atom. The lowest BCUT2D eigenvalue weighted by Gasteiger charge is -2.67. The molecule has 0 amide bonds. The van der Waals surface area contributed by atoms with Crippen molar-refractivity contribution in [3.63, 3.8) is 0 Å². The summed E-state index contributed by atoms with van der Waals surface area (Å²) < 4.78 is 12.0. The van der Waals surface area contributed by atoms with E-state index in [4.69, 9.17) is 9.47 Å². The highest BCUT2D eigenvalue weighted by molar-refractivity contribution is 5.92. The molecule has 0 spiro atoms. The van der Waals surface area contributed by atoms with Crippen molar-refractivity contribution < 1.29 is 29.3 Å². The first-order valence-electron chi connectivity index (χ1n) is 10.2. The largest absolute Gasteiger partial charge is 0.459 e. The summed E-state index contributed by atoms with van der Waals surface area (Å²) in [5.74, 6) is -4.56. The van der Waals surface area contributed by atoms with Crippen molar-refractivity contribution in [3.8, 4) is 0 Å². The minimum absolute atomic E-state index is 0.0697. The highest BCUT2D eigenvalue weighted by Crippen LogP contribution is 2.66. The van der Waals surface area contributed by atoms with Crippen LogP contribution >= 0.6 is 0 Å². The lowest BCUT2D eigenvalue weighted by Crippen LogP contribution is -2.78. The molecule has 6 nitrogen and oxygen atoms in total. The average molecular weight is 395 g/mol. The molecule has 0 aromatic rings. The van der Waals surface area contributed by atoms with Crippen LogP contribution in [0.4, 0.5) is 0 Å². The van der Waals surface area contributed by atoms with Gasteiger partial charge in [0.15, 0.2) is 0 Å². The van der Waals surface area contributed by atoms with Crippen molar-refractivity contribution in [2.75, 3.05) is 0 Å². The van der Waals surface area contributed by atoms with Gasteiger partial charge in [0.25, 0.3) is 5.79 Å². The first kappa shape index (κ1) is 21.5. The van der Waals surface area contributed by atoms with E-state index in [0.717, 1.165) is 19.3 Å². The second-order valence-corrected chi connectivity index (χ2v) is 10.3. The molecule has 158 valence electrons. The van der Waals surface area contributed by atoms with E-state index >= 15 is 0 Å². The summed E-state index contributed by atoms with van der Waals surface area (Å²) in [4.78, 5) is 25.5. The molecule has 0 radical (unpaired) electrons. The smallest absolute Gasteiger partial charge is 0.303 e. The normalized spacial score (nSPS) is 46.9. The van der Waals surface area contributed by atoms with Gasteiger partial charge in [-0.1, -0.05) is 33.3 Å². The maximum absolute atomic E-state index is 13.6. The molecule has 1 heterocycles. The number of fused-ring (bicyclic) bond motifs is 3. The molecular weight excluding hydrogens is 360 g/mol. The Morgan fingerprint density at radius 2 is 1.82 bits per heavy atom. The fourth-order valence-corrected chi connectivity index (χ4v) is 6.60. The van der Waals surface area contributed by atoms with Gasteiger partial charge in [-0.25, -0.2) is 0 Å². The minimum atomic E-state index is -2.70. The van der Waals surface area contributed by atoms with Crippen molar-refractivity contribution in [2.24, 2.45) is 22.7 Å². The molecule has 3 fully saturated rings. The van der Waals surface area contributed by atoms with Crippen molar-refractivity contribution >= 4 is 11.8 Å².